The van der Waals surface area contributed by atoms with Crippen LogP contribution in [-0.4, -0.2) is 20.7 Å². The SMILES string of the molecule is O=C(Nc1cc(Cl)c2ncnn2c1)Oc1ccccc1. The minimum Gasteiger partial charge on any atom is -0.410 e. The number of rotatable bonds is 2. The number of aromatic nitrogens is 3. The van der Waals surface area contributed by atoms with Gasteiger partial charge in [0, 0.05) is 0 Å². The number of hydrogen-bond donors (Lipinski definition) is 1. The van der Waals surface area contributed by atoms with Gasteiger partial charge >= 0.3 is 6.09 Å². The number of pyridine rings is 1. The molecule has 2 aromatic heterocycles. The molecular weight excluding hydrogens is 280 g/mol. The van der Waals surface area contributed by atoms with Gasteiger partial charge in [-0.25, -0.2) is 14.3 Å². The molecule has 1 aromatic carbocycles. The molecule has 3 rings (SSSR count). The largest absolute Gasteiger partial charge is 0.417 e. The lowest BCUT2D eigenvalue weighted by Crippen LogP contribution is -2.17. The number of benzene rings is 1. The average Bonchev–Trinajstić information content (AvgIpc) is 2.88. The van der Waals surface area contributed by atoms with Crippen LogP contribution in [-0.2, 0) is 0 Å². The maximum absolute atomic E-state index is 11.7. The number of fused-ring (bicyclic) bond motifs is 1. The molecule has 3 aromatic rings. The number of anilines is 1. The number of para-hydroxylation sites is 1. The van der Waals surface area contributed by atoms with Crippen LogP contribution in [0.25, 0.3) is 5.65 Å². The number of nitrogens with zero attached hydrogens (tertiary/aromatic N) is 3. The molecule has 0 unspecified atom stereocenters. The molecule has 0 saturated carbocycles. The van der Waals surface area contributed by atoms with Crippen molar-refractivity contribution in [2.45, 2.75) is 0 Å². The van der Waals surface area contributed by atoms with Gasteiger partial charge in [0.05, 0.1) is 16.9 Å². The number of nitrogens with one attached hydrogen (secondary N) is 1. The summed E-state index contributed by atoms with van der Waals surface area (Å²) in [4.78, 5) is 15.7. The number of amides is 1. The summed E-state index contributed by atoms with van der Waals surface area (Å²) >= 11 is 6.03. The van der Waals surface area contributed by atoms with Crippen molar-refractivity contribution in [3.8, 4) is 5.75 Å². The van der Waals surface area contributed by atoms with E-state index in [-0.39, 0.29) is 0 Å². The lowest BCUT2D eigenvalue weighted by atomic mass is 10.3. The standard InChI is InChI=1S/C13H9ClN4O2/c14-11-6-9(7-18-12(11)15-8-16-18)17-13(19)20-10-4-2-1-3-5-10/h1-8H,(H,17,19). The summed E-state index contributed by atoms with van der Waals surface area (Å²) < 4.78 is 6.59. The zero-order valence-corrected chi connectivity index (χ0v) is 10.9. The second kappa shape index (κ2) is 5.18. The fourth-order valence-corrected chi connectivity index (χ4v) is 1.95. The fraction of sp³-hybridized carbons (Fsp3) is 0. The van der Waals surface area contributed by atoms with Crippen molar-refractivity contribution < 1.29 is 9.53 Å². The van der Waals surface area contributed by atoms with Gasteiger partial charge in [-0.2, -0.15) is 5.10 Å². The van der Waals surface area contributed by atoms with E-state index < -0.39 is 6.09 Å². The molecule has 20 heavy (non-hydrogen) atoms. The molecule has 7 heteroatoms. The van der Waals surface area contributed by atoms with Crippen molar-refractivity contribution in [2.24, 2.45) is 0 Å². The molecule has 0 radical (unpaired) electrons. The van der Waals surface area contributed by atoms with Crippen molar-refractivity contribution in [1.82, 2.24) is 14.6 Å². The topological polar surface area (TPSA) is 68.5 Å². The molecule has 0 atom stereocenters. The lowest BCUT2D eigenvalue weighted by Gasteiger charge is -2.07. The first kappa shape index (κ1) is 12.4. The van der Waals surface area contributed by atoms with Gasteiger partial charge in [-0.1, -0.05) is 29.8 Å². The Bertz CT molecular complexity index is 757. The predicted molar refractivity (Wildman–Crippen MR) is 74.1 cm³/mol. The normalized spacial score (nSPS) is 10.4. The molecule has 0 aliphatic rings. The number of ether oxygens (including phenoxy) is 1. The van der Waals surface area contributed by atoms with Crippen LogP contribution in [0.2, 0.25) is 5.02 Å². The summed E-state index contributed by atoms with van der Waals surface area (Å²) in [6.07, 6.45) is 2.38. The van der Waals surface area contributed by atoms with E-state index in [2.05, 4.69) is 15.4 Å². The molecule has 0 bridgehead atoms. The van der Waals surface area contributed by atoms with E-state index in [1.54, 1.807) is 36.5 Å². The molecule has 0 aliphatic carbocycles. The zero-order valence-electron chi connectivity index (χ0n) is 10.2. The third kappa shape index (κ3) is 2.55. The van der Waals surface area contributed by atoms with Gasteiger partial charge in [-0.15, -0.1) is 0 Å². The number of carbonyl (C=O) groups is 1. The van der Waals surface area contributed by atoms with Gasteiger partial charge in [-0.3, -0.25) is 5.32 Å². The summed E-state index contributed by atoms with van der Waals surface area (Å²) in [7, 11) is 0. The Hall–Kier alpha value is -2.60. The Balaban J connectivity index is 1.77. The molecule has 0 aliphatic heterocycles. The van der Waals surface area contributed by atoms with Gasteiger partial charge < -0.3 is 4.74 Å². The van der Waals surface area contributed by atoms with Crippen LogP contribution in [0.3, 0.4) is 0 Å². The predicted octanol–water partition coefficient (Wildman–Crippen LogP) is 2.99. The summed E-state index contributed by atoms with van der Waals surface area (Å²) in [5, 5.41) is 6.93. The highest BCUT2D eigenvalue weighted by Crippen LogP contribution is 2.20. The monoisotopic (exact) mass is 288 g/mol. The highest BCUT2D eigenvalue weighted by Gasteiger charge is 2.08. The Morgan fingerprint density at radius 1 is 1.30 bits per heavy atom. The van der Waals surface area contributed by atoms with Crippen molar-refractivity contribution in [2.75, 3.05) is 5.32 Å². The van der Waals surface area contributed by atoms with Crippen LogP contribution < -0.4 is 10.1 Å². The van der Waals surface area contributed by atoms with Crippen molar-refractivity contribution in [3.63, 3.8) is 0 Å². The first-order valence-corrected chi connectivity index (χ1v) is 6.13. The Morgan fingerprint density at radius 3 is 2.90 bits per heavy atom. The number of halogens is 1. The van der Waals surface area contributed by atoms with Crippen LogP contribution in [0, 0.1) is 0 Å². The fourth-order valence-electron chi connectivity index (χ4n) is 1.69. The van der Waals surface area contributed by atoms with Crippen LogP contribution in [0.1, 0.15) is 0 Å². The van der Waals surface area contributed by atoms with Crippen LogP contribution in [0.5, 0.6) is 5.75 Å². The number of carbonyl (C=O) groups excluding carboxylic acids is 1. The summed E-state index contributed by atoms with van der Waals surface area (Å²) in [6, 6.07) is 10.4. The first-order chi connectivity index (χ1) is 9.72. The van der Waals surface area contributed by atoms with Crippen molar-refractivity contribution in [3.05, 3.63) is 53.9 Å². The molecular formula is C13H9ClN4O2. The highest BCUT2D eigenvalue weighted by atomic mass is 35.5. The maximum atomic E-state index is 11.7. The summed E-state index contributed by atoms with van der Waals surface area (Å²) in [5.41, 5.74) is 0.988. The lowest BCUT2D eigenvalue weighted by molar-refractivity contribution is 0.215. The van der Waals surface area contributed by atoms with E-state index in [9.17, 15) is 4.79 Å². The zero-order chi connectivity index (χ0) is 13.9. The molecule has 0 spiro atoms. The van der Waals surface area contributed by atoms with E-state index in [4.69, 9.17) is 16.3 Å². The second-order valence-corrected chi connectivity index (χ2v) is 4.34. The van der Waals surface area contributed by atoms with Gasteiger partial charge in [0.15, 0.2) is 5.65 Å². The Morgan fingerprint density at radius 2 is 2.10 bits per heavy atom. The molecule has 1 N–H and O–H groups in total. The first-order valence-electron chi connectivity index (χ1n) is 5.75. The summed E-state index contributed by atoms with van der Waals surface area (Å²) in [5.74, 6) is 0.456. The Labute approximate surface area is 119 Å². The van der Waals surface area contributed by atoms with Crippen LogP contribution in [0.4, 0.5) is 10.5 Å². The van der Waals surface area contributed by atoms with E-state index >= 15 is 0 Å². The minimum atomic E-state index is -0.605. The average molecular weight is 289 g/mol. The molecule has 6 nitrogen and oxygen atoms in total. The second-order valence-electron chi connectivity index (χ2n) is 3.93. The smallest absolute Gasteiger partial charge is 0.410 e. The quantitative estimate of drug-likeness (QED) is 0.787. The van der Waals surface area contributed by atoms with Gasteiger partial charge in [0.2, 0.25) is 0 Å². The van der Waals surface area contributed by atoms with E-state index in [1.807, 2.05) is 6.07 Å². The van der Waals surface area contributed by atoms with Crippen molar-refractivity contribution >= 4 is 29.0 Å². The van der Waals surface area contributed by atoms with Crippen molar-refractivity contribution in [1.29, 1.82) is 0 Å². The van der Waals surface area contributed by atoms with Gasteiger partial charge in [-0.05, 0) is 18.2 Å². The summed E-state index contributed by atoms with van der Waals surface area (Å²) in [6.45, 7) is 0. The van der Waals surface area contributed by atoms with E-state index in [1.165, 1.54) is 10.8 Å². The number of hydrogen-bond acceptors (Lipinski definition) is 4. The van der Waals surface area contributed by atoms with E-state index in [0.717, 1.165) is 0 Å². The van der Waals surface area contributed by atoms with E-state index in [0.29, 0.717) is 22.1 Å². The molecule has 0 saturated heterocycles. The van der Waals surface area contributed by atoms with Gasteiger partial charge in [0.25, 0.3) is 0 Å². The highest BCUT2D eigenvalue weighted by molar-refractivity contribution is 6.33. The molecule has 100 valence electrons. The Kier molecular flexibility index (Phi) is 3.22. The molecule has 1 amide bonds. The molecule has 2 heterocycles. The van der Waals surface area contributed by atoms with Gasteiger partial charge in [0.1, 0.15) is 12.1 Å². The third-order valence-corrected chi connectivity index (χ3v) is 2.81. The van der Waals surface area contributed by atoms with Crippen LogP contribution >= 0.6 is 11.6 Å². The maximum Gasteiger partial charge on any atom is 0.417 e. The minimum absolute atomic E-state index is 0.389. The third-order valence-electron chi connectivity index (χ3n) is 2.53. The van der Waals surface area contributed by atoms with Crippen LogP contribution in [0.15, 0.2) is 48.9 Å². The molecule has 0 fully saturated rings.